The van der Waals surface area contributed by atoms with E-state index in [2.05, 4.69) is 5.32 Å². The van der Waals surface area contributed by atoms with Gasteiger partial charge >= 0.3 is 0 Å². The summed E-state index contributed by atoms with van der Waals surface area (Å²) in [7, 11) is 0. The van der Waals surface area contributed by atoms with Crippen LogP contribution >= 0.6 is 0 Å². The van der Waals surface area contributed by atoms with Crippen LogP contribution in [0.1, 0.15) is 12.8 Å². The Morgan fingerprint density at radius 1 is 0.850 bits per heavy atom. The summed E-state index contributed by atoms with van der Waals surface area (Å²) < 4.78 is 22.5. The molecule has 0 aromatic rings. The van der Waals surface area contributed by atoms with Crippen molar-refractivity contribution in [2.75, 3.05) is 19.7 Å². The summed E-state index contributed by atoms with van der Waals surface area (Å²) in [6.45, 7) is -0.886. The second kappa shape index (κ2) is 14.3. The zero-order valence-corrected chi connectivity index (χ0v) is 21.7. The number of ether oxygens (including phenoxy) is 4. The number of carbonyl (C=O) groups is 1. The highest BCUT2D eigenvalue weighted by atomic mass is 16.7. The second-order valence-electron chi connectivity index (χ2n) is 10.3. The van der Waals surface area contributed by atoms with E-state index in [0.29, 0.717) is 0 Å². The number of nitrogens with one attached hydrogen (secondary N) is 1. The van der Waals surface area contributed by atoms with E-state index in [4.69, 9.17) is 41.9 Å². The van der Waals surface area contributed by atoms with Gasteiger partial charge in [-0.3, -0.25) is 4.79 Å². The summed E-state index contributed by atoms with van der Waals surface area (Å²) in [6, 6.07) is -3.51. The summed E-state index contributed by atoms with van der Waals surface area (Å²) in [6.07, 6.45) is -19.7. The van der Waals surface area contributed by atoms with Gasteiger partial charge < -0.3 is 88.1 Å². The first kappa shape index (κ1) is 33.3. The molecule has 0 bridgehead atoms. The van der Waals surface area contributed by atoms with Crippen LogP contribution in [-0.2, 0) is 23.7 Å². The molecule has 2 aliphatic heterocycles. The van der Waals surface area contributed by atoms with Gasteiger partial charge in [-0.15, -0.1) is 0 Å². The molecule has 3 fully saturated rings. The quantitative estimate of drug-likeness (QED) is 0.113. The van der Waals surface area contributed by atoms with E-state index >= 15 is 0 Å². The molecule has 0 aromatic heterocycles. The van der Waals surface area contributed by atoms with Gasteiger partial charge in [0.25, 0.3) is 0 Å². The van der Waals surface area contributed by atoms with E-state index in [1.54, 1.807) is 0 Å². The largest absolute Gasteiger partial charge is 0.394 e. The average molecular weight is 586 g/mol. The lowest BCUT2D eigenvalue weighted by Crippen LogP contribution is -2.69. The Morgan fingerprint density at radius 3 is 2.08 bits per heavy atom. The molecular formula is C22H43N5O13. The number of hydrogen-bond acceptors (Lipinski definition) is 17. The summed E-state index contributed by atoms with van der Waals surface area (Å²) in [4.78, 5) is 12.6. The molecule has 16 atom stereocenters. The average Bonchev–Trinajstić information content (AvgIpc) is 2.93. The van der Waals surface area contributed by atoms with Crippen LogP contribution < -0.4 is 28.3 Å². The molecule has 0 aromatic carbocycles. The van der Waals surface area contributed by atoms with E-state index in [9.17, 15) is 45.6 Å². The Labute approximate surface area is 229 Å². The van der Waals surface area contributed by atoms with E-state index in [1.165, 1.54) is 0 Å². The standard InChI is InChI=1S/C22H43N5O13/c23-2-1-7(29)20(36)27-6-3-8(37-21-16(33)12(26)13(30)10(5-28)39-21)15(32)19(11(6)25)40-22-18(35)17(34)14(31)9(4-24)38-22/h6-19,21-22,28-35H,1-5,23-26H2,(H,27,36)/t6?,7-,8?,9?,10?,11?,12?,13?,14?,15?,16?,17?,18?,19?,21?,22?/m0/s1. The molecule has 17 N–H and O–H groups in total. The Hall–Kier alpha value is -1.17. The SMILES string of the molecule is NCC[C@H](O)C(=O)NC1CC(OC2OC(CO)C(O)C(N)C2O)C(O)C(OC2OC(CN)C(O)C(O)C2O)C1N. The predicted octanol–water partition coefficient (Wildman–Crippen LogP) is -8.42. The van der Waals surface area contributed by atoms with Crippen LogP contribution in [0.15, 0.2) is 0 Å². The van der Waals surface area contributed by atoms with Gasteiger partial charge in [-0.25, -0.2) is 0 Å². The molecular weight excluding hydrogens is 542 g/mol. The topological polar surface area (TPSA) is 332 Å². The highest BCUT2D eigenvalue weighted by Gasteiger charge is 2.52. The van der Waals surface area contributed by atoms with Crippen molar-refractivity contribution >= 4 is 5.91 Å². The first-order chi connectivity index (χ1) is 18.9. The van der Waals surface area contributed by atoms with E-state index in [1.807, 2.05) is 0 Å². The maximum Gasteiger partial charge on any atom is 0.249 e. The summed E-state index contributed by atoms with van der Waals surface area (Å²) in [5.41, 5.74) is 23.2. The van der Waals surface area contributed by atoms with Crippen LogP contribution in [0.4, 0.5) is 0 Å². The van der Waals surface area contributed by atoms with Crippen molar-refractivity contribution in [1.82, 2.24) is 5.32 Å². The van der Waals surface area contributed by atoms with E-state index in [-0.39, 0.29) is 25.9 Å². The van der Waals surface area contributed by atoms with Crippen molar-refractivity contribution < 1.29 is 64.6 Å². The van der Waals surface area contributed by atoms with Gasteiger partial charge in [-0.05, 0) is 19.4 Å². The summed E-state index contributed by atoms with van der Waals surface area (Å²) in [5, 5.41) is 84.7. The zero-order chi connectivity index (χ0) is 29.9. The van der Waals surface area contributed by atoms with Crippen molar-refractivity contribution in [1.29, 1.82) is 0 Å². The Balaban J connectivity index is 1.85. The summed E-state index contributed by atoms with van der Waals surface area (Å²) >= 11 is 0. The zero-order valence-electron chi connectivity index (χ0n) is 21.7. The normalized spacial score (nSPS) is 47.0. The lowest BCUT2D eigenvalue weighted by Gasteiger charge is -2.48. The number of amides is 1. The van der Waals surface area contributed by atoms with Gasteiger partial charge in [0.05, 0.1) is 24.8 Å². The molecule has 1 amide bonds. The highest BCUT2D eigenvalue weighted by Crippen LogP contribution is 2.32. The molecule has 2 saturated heterocycles. The molecule has 0 radical (unpaired) electrons. The Morgan fingerprint density at radius 2 is 1.48 bits per heavy atom. The van der Waals surface area contributed by atoms with Crippen molar-refractivity contribution in [2.45, 2.75) is 111 Å². The fraction of sp³-hybridized carbons (Fsp3) is 0.955. The van der Waals surface area contributed by atoms with Crippen molar-refractivity contribution in [3.05, 3.63) is 0 Å². The van der Waals surface area contributed by atoms with Crippen LogP contribution in [0.2, 0.25) is 0 Å². The highest BCUT2D eigenvalue weighted by molar-refractivity contribution is 5.80. The van der Waals surface area contributed by atoms with Crippen LogP contribution in [0.5, 0.6) is 0 Å². The first-order valence-corrected chi connectivity index (χ1v) is 13.1. The van der Waals surface area contributed by atoms with Gasteiger partial charge in [0.15, 0.2) is 12.6 Å². The van der Waals surface area contributed by atoms with Crippen LogP contribution in [0.3, 0.4) is 0 Å². The number of hydrogen-bond donors (Lipinski definition) is 13. The van der Waals surface area contributed by atoms with E-state index in [0.717, 1.165) is 0 Å². The van der Waals surface area contributed by atoms with Crippen LogP contribution in [0, 0.1) is 0 Å². The fourth-order valence-corrected chi connectivity index (χ4v) is 5.02. The number of carbonyl (C=O) groups excluding carboxylic acids is 1. The number of aliphatic hydroxyl groups is 8. The Bertz CT molecular complexity index is 815. The molecule has 1 aliphatic carbocycles. The number of nitrogens with two attached hydrogens (primary N) is 4. The molecule has 3 aliphatic rings. The van der Waals surface area contributed by atoms with Crippen LogP contribution in [0.25, 0.3) is 0 Å². The van der Waals surface area contributed by atoms with Gasteiger partial charge in [0.1, 0.15) is 61.0 Å². The molecule has 3 rings (SSSR count). The molecule has 40 heavy (non-hydrogen) atoms. The minimum atomic E-state index is -1.79. The third-order valence-electron chi connectivity index (χ3n) is 7.56. The molecule has 15 unspecified atom stereocenters. The minimum absolute atomic E-state index is 0.0178. The van der Waals surface area contributed by atoms with Crippen LogP contribution in [-0.4, -0.2) is 164 Å². The first-order valence-electron chi connectivity index (χ1n) is 13.1. The molecule has 1 saturated carbocycles. The number of aliphatic hydroxyl groups excluding tert-OH is 8. The maximum atomic E-state index is 12.6. The minimum Gasteiger partial charge on any atom is -0.394 e. The third-order valence-corrected chi connectivity index (χ3v) is 7.56. The predicted molar refractivity (Wildman–Crippen MR) is 131 cm³/mol. The monoisotopic (exact) mass is 585 g/mol. The molecule has 2 heterocycles. The van der Waals surface area contributed by atoms with Gasteiger partial charge in [0, 0.05) is 12.6 Å². The molecule has 234 valence electrons. The molecule has 18 heteroatoms. The Kier molecular flexibility index (Phi) is 11.9. The molecule has 18 nitrogen and oxygen atoms in total. The van der Waals surface area contributed by atoms with Crippen molar-refractivity contribution in [2.24, 2.45) is 22.9 Å². The summed E-state index contributed by atoms with van der Waals surface area (Å²) in [5.74, 6) is -0.824. The van der Waals surface area contributed by atoms with Gasteiger partial charge in [0.2, 0.25) is 5.91 Å². The lowest BCUT2D eigenvalue weighted by molar-refractivity contribution is -0.331. The van der Waals surface area contributed by atoms with Crippen molar-refractivity contribution in [3.8, 4) is 0 Å². The lowest BCUT2D eigenvalue weighted by atomic mass is 9.83. The number of rotatable bonds is 10. The fourth-order valence-electron chi connectivity index (χ4n) is 5.02. The smallest absolute Gasteiger partial charge is 0.249 e. The van der Waals surface area contributed by atoms with Crippen molar-refractivity contribution in [3.63, 3.8) is 0 Å². The second-order valence-corrected chi connectivity index (χ2v) is 10.3. The van der Waals surface area contributed by atoms with Gasteiger partial charge in [-0.2, -0.15) is 0 Å². The molecule has 0 spiro atoms. The third kappa shape index (κ3) is 7.06. The van der Waals surface area contributed by atoms with Gasteiger partial charge in [-0.1, -0.05) is 0 Å². The maximum absolute atomic E-state index is 12.6. The van der Waals surface area contributed by atoms with E-state index < -0.39 is 110 Å².